The van der Waals surface area contributed by atoms with E-state index in [1.165, 1.54) is 12.8 Å². The average molecular weight is 169 g/mol. The summed E-state index contributed by atoms with van der Waals surface area (Å²) in [6.45, 7) is 2.18. The number of rotatable bonds is 2. The Morgan fingerprint density at radius 2 is 1.86 bits per heavy atom. The van der Waals surface area contributed by atoms with E-state index in [2.05, 4.69) is 34.5 Å². The van der Waals surface area contributed by atoms with Crippen LogP contribution in [0.3, 0.4) is 0 Å². The van der Waals surface area contributed by atoms with E-state index in [4.69, 9.17) is 0 Å². The van der Waals surface area contributed by atoms with E-state index in [0.717, 1.165) is 5.33 Å². The van der Waals surface area contributed by atoms with Crippen LogP contribution in [0, 0.1) is 0 Å². The average Bonchev–Trinajstić information content (AvgIpc) is 1.75. The van der Waals surface area contributed by atoms with Crippen LogP contribution in [0.4, 0.5) is 0 Å². The van der Waals surface area contributed by atoms with Crippen LogP contribution in [0.2, 0.25) is 0 Å². The van der Waals surface area contributed by atoms with Gasteiger partial charge in [0, 0.05) is 5.33 Å². The van der Waals surface area contributed by atoms with Crippen molar-refractivity contribution in [3.05, 3.63) is 0 Å². The molecular formula is C4H13BrN2. The SMILES string of the molecule is CCCCBr.NN. The summed E-state index contributed by atoms with van der Waals surface area (Å²) in [5.41, 5.74) is 0. The van der Waals surface area contributed by atoms with Gasteiger partial charge in [0.05, 0.1) is 0 Å². The summed E-state index contributed by atoms with van der Waals surface area (Å²) < 4.78 is 0. The van der Waals surface area contributed by atoms with Gasteiger partial charge in [0.25, 0.3) is 0 Å². The van der Waals surface area contributed by atoms with E-state index >= 15 is 0 Å². The van der Waals surface area contributed by atoms with E-state index < -0.39 is 0 Å². The molecule has 2 nitrogen and oxygen atoms in total. The van der Waals surface area contributed by atoms with Gasteiger partial charge in [-0.05, 0) is 6.42 Å². The zero-order valence-electron chi connectivity index (χ0n) is 4.65. The maximum Gasteiger partial charge on any atom is 0.00312 e. The van der Waals surface area contributed by atoms with Gasteiger partial charge in [0.1, 0.15) is 0 Å². The zero-order chi connectivity index (χ0) is 6.12. The normalized spacial score (nSPS) is 6.86. The second-order valence-electron chi connectivity index (χ2n) is 1.04. The minimum Gasteiger partial charge on any atom is -0.274 e. The van der Waals surface area contributed by atoms with E-state index in [-0.39, 0.29) is 0 Å². The first kappa shape index (κ1) is 10.4. The van der Waals surface area contributed by atoms with Crippen molar-refractivity contribution in [3.63, 3.8) is 0 Å². The van der Waals surface area contributed by atoms with Crippen molar-refractivity contribution in [2.24, 2.45) is 11.7 Å². The molecule has 0 aromatic carbocycles. The van der Waals surface area contributed by atoms with E-state index in [0.29, 0.717) is 0 Å². The number of hydrogen-bond donors (Lipinski definition) is 2. The van der Waals surface area contributed by atoms with Gasteiger partial charge >= 0.3 is 0 Å². The number of halogens is 1. The van der Waals surface area contributed by atoms with Gasteiger partial charge in [-0.15, -0.1) is 0 Å². The molecule has 0 spiro atoms. The summed E-state index contributed by atoms with van der Waals surface area (Å²) in [6, 6.07) is 0. The van der Waals surface area contributed by atoms with Gasteiger partial charge in [-0.25, -0.2) is 0 Å². The largest absolute Gasteiger partial charge is 0.274 e. The van der Waals surface area contributed by atoms with Crippen LogP contribution in [0.1, 0.15) is 19.8 Å². The van der Waals surface area contributed by atoms with Crippen molar-refractivity contribution in [2.75, 3.05) is 5.33 Å². The quantitative estimate of drug-likeness (QED) is 0.368. The topological polar surface area (TPSA) is 52.0 Å². The van der Waals surface area contributed by atoms with Crippen LogP contribution < -0.4 is 11.7 Å². The summed E-state index contributed by atoms with van der Waals surface area (Å²) in [5.74, 6) is 8.00. The molecule has 0 fully saturated rings. The van der Waals surface area contributed by atoms with Gasteiger partial charge in [-0.2, -0.15) is 0 Å². The summed E-state index contributed by atoms with van der Waals surface area (Å²) in [4.78, 5) is 0. The summed E-state index contributed by atoms with van der Waals surface area (Å²) in [6.07, 6.45) is 2.60. The van der Waals surface area contributed by atoms with Crippen molar-refractivity contribution in [1.29, 1.82) is 0 Å². The molecule has 0 heterocycles. The molecule has 0 aromatic heterocycles. The Kier molecular flexibility index (Phi) is 24.0. The first-order valence-electron chi connectivity index (χ1n) is 2.31. The van der Waals surface area contributed by atoms with Crippen molar-refractivity contribution < 1.29 is 0 Å². The molecule has 7 heavy (non-hydrogen) atoms. The second-order valence-corrected chi connectivity index (χ2v) is 1.84. The molecular weight excluding hydrogens is 156 g/mol. The maximum atomic E-state index is 4.00. The molecule has 0 atom stereocenters. The van der Waals surface area contributed by atoms with E-state index in [1.54, 1.807) is 0 Å². The number of nitrogens with two attached hydrogens (primary N) is 2. The van der Waals surface area contributed by atoms with Gasteiger partial charge in [-0.1, -0.05) is 29.3 Å². The fourth-order valence-electron chi connectivity index (χ4n) is 0.134. The zero-order valence-corrected chi connectivity index (χ0v) is 6.24. The Balaban J connectivity index is 0. The van der Waals surface area contributed by atoms with E-state index in [1.807, 2.05) is 0 Å². The molecule has 0 radical (unpaired) electrons. The molecule has 0 amide bonds. The third-order valence-corrected chi connectivity index (χ3v) is 1.05. The maximum absolute atomic E-state index is 4.00. The number of hydrazine groups is 1. The van der Waals surface area contributed by atoms with Crippen LogP contribution in [0.5, 0.6) is 0 Å². The number of hydrogen-bond acceptors (Lipinski definition) is 2. The Morgan fingerprint density at radius 1 is 1.43 bits per heavy atom. The fourth-order valence-corrected chi connectivity index (χ4v) is 0.694. The number of alkyl halides is 1. The molecule has 4 N–H and O–H groups in total. The predicted molar refractivity (Wildman–Crippen MR) is 37.1 cm³/mol. The van der Waals surface area contributed by atoms with Crippen molar-refractivity contribution in [2.45, 2.75) is 19.8 Å². The fraction of sp³-hybridized carbons (Fsp3) is 1.00. The first-order chi connectivity index (χ1) is 3.41. The molecule has 0 aliphatic carbocycles. The Labute approximate surface area is 53.4 Å². The lowest BCUT2D eigenvalue weighted by atomic mass is 10.4. The van der Waals surface area contributed by atoms with Crippen LogP contribution in [-0.2, 0) is 0 Å². The predicted octanol–water partition coefficient (Wildman–Crippen LogP) is 1.00. The molecule has 0 aliphatic heterocycles. The minimum absolute atomic E-state index is 1.16. The molecule has 0 saturated carbocycles. The third kappa shape index (κ3) is 21.5. The van der Waals surface area contributed by atoms with Crippen molar-refractivity contribution in [3.8, 4) is 0 Å². The smallest absolute Gasteiger partial charge is 0.00312 e. The third-order valence-electron chi connectivity index (χ3n) is 0.487. The monoisotopic (exact) mass is 168 g/mol. The highest BCUT2D eigenvalue weighted by atomic mass is 79.9. The van der Waals surface area contributed by atoms with Crippen molar-refractivity contribution in [1.82, 2.24) is 0 Å². The van der Waals surface area contributed by atoms with Gasteiger partial charge in [0.2, 0.25) is 0 Å². The molecule has 0 aliphatic rings. The highest BCUT2D eigenvalue weighted by Gasteiger charge is 1.69. The van der Waals surface area contributed by atoms with Gasteiger partial charge < -0.3 is 0 Å². The molecule has 0 unspecified atom stereocenters. The Morgan fingerprint density at radius 3 is 1.86 bits per heavy atom. The van der Waals surface area contributed by atoms with Crippen LogP contribution >= 0.6 is 15.9 Å². The lowest BCUT2D eigenvalue weighted by Gasteiger charge is -1.77. The molecule has 46 valence electrons. The first-order valence-corrected chi connectivity index (χ1v) is 3.43. The number of unbranched alkanes of at least 4 members (excludes halogenated alkanes) is 1. The standard InChI is InChI=1S/C4H9Br.H4N2/c1-2-3-4-5;1-2/h2-4H2,1H3;1-2H2. The van der Waals surface area contributed by atoms with Gasteiger partial charge in [-0.3, -0.25) is 11.7 Å². The highest BCUT2D eigenvalue weighted by molar-refractivity contribution is 9.09. The van der Waals surface area contributed by atoms with Crippen LogP contribution in [-0.4, -0.2) is 5.33 Å². The van der Waals surface area contributed by atoms with Crippen LogP contribution in [0.25, 0.3) is 0 Å². The molecule has 0 saturated heterocycles. The van der Waals surface area contributed by atoms with Crippen LogP contribution in [0.15, 0.2) is 0 Å². The molecule has 0 bridgehead atoms. The van der Waals surface area contributed by atoms with E-state index in [9.17, 15) is 0 Å². The highest BCUT2D eigenvalue weighted by Crippen LogP contribution is 1.89. The summed E-state index contributed by atoms with van der Waals surface area (Å²) >= 11 is 3.31. The Hall–Kier alpha value is 0.400. The van der Waals surface area contributed by atoms with Gasteiger partial charge in [0.15, 0.2) is 0 Å². The lowest BCUT2D eigenvalue weighted by Crippen LogP contribution is -2.02. The Bertz CT molecular complexity index is 17.2. The summed E-state index contributed by atoms with van der Waals surface area (Å²) in [5, 5.41) is 1.16. The second kappa shape index (κ2) is 16.1. The summed E-state index contributed by atoms with van der Waals surface area (Å²) in [7, 11) is 0. The minimum atomic E-state index is 1.16. The molecule has 0 rings (SSSR count). The lowest BCUT2D eigenvalue weighted by molar-refractivity contribution is 0.902. The molecule has 3 heteroatoms. The van der Waals surface area contributed by atoms with Crippen molar-refractivity contribution >= 4 is 15.9 Å². The molecule has 0 aromatic rings.